The molecule has 4 heteroatoms. The van der Waals surface area contributed by atoms with Crippen molar-refractivity contribution < 1.29 is 0 Å². The topological polar surface area (TPSA) is 57.9 Å². The molecule has 0 aliphatic heterocycles. The Labute approximate surface area is 107 Å². The number of aromatic amines is 1. The van der Waals surface area contributed by atoms with Crippen molar-refractivity contribution in [3.63, 3.8) is 0 Å². The molecule has 1 heterocycles. The third kappa shape index (κ3) is 1.97. The fourth-order valence-corrected chi connectivity index (χ4v) is 2.96. The second-order valence-corrected chi connectivity index (χ2v) is 5.23. The molecule has 0 saturated heterocycles. The fourth-order valence-electron chi connectivity index (χ4n) is 2.96. The van der Waals surface area contributed by atoms with E-state index in [0.29, 0.717) is 12.1 Å². The Bertz CT molecular complexity index is 533. The number of imidazole rings is 1. The minimum Gasteiger partial charge on any atom is -0.370 e. The summed E-state index contributed by atoms with van der Waals surface area (Å²) in [4.78, 5) is 9.73. The molecule has 2 atom stereocenters. The highest BCUT2D eigenvalue weighted by Crippen LogP contribution is 2.27. The number of benzene rings is 1. The molecule has 18 heavy (non-hydrogen) atoms. The molecule has 2 unspecified atom stereocenters. The van der Waals surface area contributed by atoms with Gasteiger partial charge in [-0.25, -0.2) is 4.98 Å². The molecule has 4 nitrogen and oxygen atoms in total. The summed E-state index contributed by atoms with van der Waals surface area (Å²) in [6.07, 6.45) is 6.63. The summed E-state index contributed by atoms with van der Waals surface area (Å²) < 4.78 is 0. The monoisotopic (exact) mass is 244 g/mol. The number of hydrogen-bond donors (Lipinski definition) is 2. The van der Waals surface area contributed by atoms with Crippen molar-refractivity contribution in [1.29, 1.82) is 0 Å². The van der Waals surface area contributed by atoms with Crippen LogP contribution in [-0.4, -0.2) is 29.1 Å². The molecule has 1 saturated carbocycles. The van der Waals surface area contributed by atoms with E-state index in [0.717, 1.165) is 17.5 Å². The van der Waals surface area contributed by atoms with Gasteiger partial charge in [0.05, 0.1) is 17.4 Å². The number of fused-ring (bicyclic) bond motifs is 1. The van der Waals surface area contributed by atoms with Gasteiger partial charge in [-0.3, -0.25) is 0 Å². The SMILES string of the molecule is CN(c1ccc2nc[nH]c2c1)C1CCCCC1N. The van der Waals surface area contributed by atoms with E-state index >= 15 is 0 Å². The Hall–Kier alpha value is -1.55. The highest BCUT2D eigenvalue weighted by atomic mass is 15.2. The summed E-state index contributed by atoms with van der Waals surface area (Å²) in [5, 5.41) is 0. The first-order chi connectivity index (χ1) is 8.75. The van der Waals surface area contributed by atoms with Gasteiger partial charge in [-0.1, -0.05) is 12.8 Å². The van der Waals surface area contributed by atoms with E-state index in [9.17, 15) is 0 Å². The van der Waals surface area contributed by atoms with Gasteiger partial charge >= 0.3 is 0 Å². The van der Waals surface area contributed by atoms with Crippen LogP contribution in [0.4, 0.5) is 5.69 Å². The Kier molecular flexibility index (Phi) is 2.96. The molecule has 1 aromatic heterocycles. The van der Waals surface area contributed by atoms with Crippen LogP contribution in [0.15, 0.2) is 24.5 Å². The van der Waals surface area contributed by atoms with Gasteiger partial charge in [-0.15, -0.1) is 0 Å². The van der Waals surface area contributed by atoms with E-state index < -0.39 is 0 Å². The van der Waals surface area contributed by atoms with Gasteiger partial charge in [0, 0.05) is 24.8 Å². The Morgan fingerprint density at radius 2 is 2.17 bits per heavy atom. The minimum atomic E-state index is 0.293. The maximum Gasteiger partial charge on any atom is 0.0931 e. The third-order valence-corrected chi connectivity index (χ3v) is 4.09. The maximum atomic E-state index is 6.25. The first-order valence-corrected chi connectivity index (χ1v) is 6.67. The summed E-state index contributed by atoms with van der Waals surface area (Å²) in [6, 6.07) is 7.10. The van der Waals surface area contributed by atoms with E-state index in [1.807, 2.05) is 0 Å². The summed E-state index contributed by atoms with van der Waals surface area (Å²) >= 11 is 0. The van der Waals surface area contributed by atoms with Crippen LogP contribution in [0.1, 0.15) is 25.7 Å². The van der Waals surface area contributed by atoms with Gasteiger partial charge in [-0.2, -0.15) is 0 Å². The van der Waals surface area contributed by atoms with E-state index in [4.69, 9.17) is 5.73 Å². The summed E-state index contributed by atoms with van der Waals surface area (Å²) in [5.41, 5.74) is 9.57. The summed E-state index contributed by atoms with van der Waals surface area (Å²) in [6.45, 7) is 0. The number of aromatic nitrogens is 2. The number of likely N-dealkylation sites (N-methyl/N-ethyl adjacent to an activating group) is 1. The number of nitrogens with two attached hydrogens (primary N) is 1. The van der Waals surface area contributed by atoms with Gasteiger partial charge in [0.15, 0.2) is 0 Å². The van der Waals surface area contributed by atoms with Crippen LogP contribution in [0.25, 0.3) is 11.0 Å². The highest BCUT2D eigenvalue weighted by Gasteiger charge is 2.25. The largest absolute Gasteiger partial charge is 0.370 e. The van der Waals surface area contributed by atoms with Crippen LogP contribution in [0.2, 0.25) is 0 Å². The third-order valence-electron chi connectivity index (χ3n) is 4.09. The molecule has 1 aliphatic carbocycles. The van der Waals surface area contributed by atoms with Crippen LogP contribution in [0.3, 0.4) is 0 Å². The van der Waals surface area contributed by atoms with Crippen LogP contribution in [0, 0.1) is 0 Å². The molecule has 1 aliphatic rings. The van der Waals surface area contributed by atoms with E-state index in [2.05, 4.69) is 40.1 Å². The minimum absolute atomic E-state index is 0.293. The van der Waals surface area contributed by atoms with Crippen molar-refractivity contribution >= 4 is 16.7 Å². The lowest BCUT2D eigenvalue weighted by atomic mass is 9.90. The molecule has 1 aromatic carbocycles. The van der Waals surface area contributed by atoms with Gasteiger partial charge < -0.3 is 15.6 Å². The van der Waals surface area contributed by atoms with Crippen LogP contribution in [-0.2, 0) is 0 Å². The Morgan fingerprint density at radius 1 is 1.33 bits per heavy atom. The molecule has 1 fully saturated rings. The number of nitrogens with zero attached hydrogens (tertiary/aromatic N) is 2. The zero-order valence-corrected chi connectivity index (χ0v) is 10.8. The van der Waals surface area contributed by atoms with E-state index in [-0.39, 0.29) is 0 Å². The summed E-state index contributed by atoms with van der Waals surface area (Å²) in [7, 11) is 2.15. The second kappa shape index (κ2) is 4.61. The zero-order valence-electron chi connectivity index (χ0n) is 10.8. The normalized spacial score (nSPS) is 24.3. The highest BCUT2D eigenvalue weighted by molar-refractivity contribution is 5.79. The van der Waals surface area contributed by atoms with Gasteiger partial charge in [0.25, 0.3) is 0 Å². The van der Waals surface area contributed by atoms with Crippen LogP contribution < -0.4 is 10.6 Å². The molecular weight excluding hydrogens is 224 g/mol. The molecular formula is C14H20N4. The molecule has 3 rings (SSSR count). The first-order valence-electron chi connectivity index (χ1n) is 6.67. The first kappa shape index (κ1) is 11.5. The lowest BCUT2D eigenvalue weighted by Crippen LogP contribution is -2.48. The van der Waals surface area contributed by atoms with Gasteiger partial charge in [0.1, 0.15) is 0 Å². The van der Waals surface area contributed by atoms with Gasteiger partial charge in [0.2, 0.25) is 0 Å². The summed E-state index contributed by atoms with van der Waals surface area (Å²) in [5.74, 6) is 0. The molecule has 0 bridgehead atoms. The number of hydrogen-bond acceptors (Lipinski definition) is 3. The van der Waals surface area contributed by atoms with Crippen molar-refractivity contribution in [2.24, 2.45) is 5.73 Å². The number of rotatable bonds is 2. The molecule has 0 radical (unpaired) electrons. The van der Waals surface area contributed by atoms with Gasteiger partial charge in [-0.05, 0) is 31.0 Å². The van der Waals surface area contributed by atoms with Crippen molar-refractivity contribution in [1.82, 2.24) is 9.97 Å². The Morgan fingerprint density at radius 3 is 3.00 bits per heavy atom. The van der Waals surface area contributed by atoms with E-state index in [1.165, 1.54) is 24.9 Å². The Balaban J connectivity index is 1.87. The average molecular weight is 244 g/mol. The maximum absolute atomic E-state index is 6.25. The van der Waals surface area contributed by atoms with Crippen LogP contribution in [0.5, 0.6) is 0 Å². The van der Waals surface area contributed by atoms with Crippen molar-refractivity contribution in [3.05, 3.63) is 24.5 Å². The second-order valence-electron chi connectivity index (χ2n) is 5.23. The molecule has 0 spiro atoms. The zero-order chi connectivity index (χ0) is 12.5. The molecule has 96 valence electrons. The predicted octanol–water partition coefficient (Wildman–Crippen LogP) is 2.27. The number of nitrogens with one attached hydrogen (secondary N) is 1. The van der Waals surface area contributed by atoms with Crippen molar-refractivity contribution in [2.45, 2.75) is 37.8 Å². The van der Waals surface area contributed by atoms with E-state index in [1.54, 1.807) is 6.33 Å². The number of H-pyrrole nitrogens is 1. The average Bonchev–Trinajstić information content (AvgIpc) is 2.85. The lowest BCUT2D eigenvalue weighted by Gasteiger charge is -2.37. The molecule has 0 amide bonds. The van der Waals surface area contributed by atoms with Crippen molar-refractivity contribution in [2.75, 3.05) is 11.9 Å². The standard InChI is InChI=1S/C14H20N4/c1-18(14-5-3-2-4-11(14)15)10-6-7-12-13(8-10)17-9-16-12/h6-9,11,14H,2-5,15H2,1H3,(H,16,17). The molecule has 2 aromatic rings. The predicted molar refractivity (Wildman–Crippen MR) is 74.7 cm³/mol. The lowest BCUT2D eigenvalue weighted by molar-refractivity contribution is 0.374. The fraction of sp³-hybridized carbons (Fsp3) is 0.500. The quantitative estimate of drug-likeness (QED) is 0.852. The molecule has 3 N–H and O–H groups in total. The number of anilines is 1. The van der Waals surface area contributed by atoms with Crippen LogP contribution >= 0.6 is 0 Å². The smallest absolute Gasteiger partial charge is 0.0931 e. The van der Waals surface area contributed by atoms with Crippen molar-refractivity contribution in [3.8, 4) is 0 Å².